The molecule has 2 rings (SSSR count). The van der Waals surface area contributed by atoms with E-state index in [9.17, 15) is 14.4 Å². The zero-order valence-corrected chi connectivity index (χ0v) is 14.7. The molecule has 2 heterocycles. The van der Waals surface area contributed by atoms with E-state index >= 15 is 0 Å². The van der Waals surface area contributed by atoms with Gasteiger partial charge in [0.05, 0.1) is 13.0 Å². The highest BCUT2D eigenvalue weighted by Crippen LogP contribution is 2.38. The number of hydrogen-bond donors (Lipinski definition) is 1. The molecule has 1 fully saturated rings. The van der Waals surface area contributed by atoms with Gasteiger partial charge in [-0.25, -0.2) is 4.79 Å². The summed E-state index contributed by atoms with van der Waals surface area (Å²) >= 11 is 0. The molecule has 10 nitrogen and oxygen atoms in total. The van der Waals surface area contributed by atoms with E-state index in [1.54, 1.807) is 0 Å². The molecule has 0 spiro atoms. The molecule has 1 amide bonds. The van der Waals surface area contributed by atoms with E-state index in [0.29, 0.717) is 26.0 Å². The summed E-state index contributed by atoms with van der Waals surface area (Å²) in [5.74, 6) is -1.07. The Morgan fingerprint density at radius 2 is 2.04 bits per heavy atom. The molecule has 142 valence electrons. The van der Waals surface area contributed by atoms with Crippen molar-refractivity contribution in [3.8, 4) is 0 Å². The summed E-state index contributed by atoms with van der Waals surface area (Å²) in [6.45, 7) is 0.820. The van der Waals surface area contributed by atoms with Crippen molar-refractivity contribution in [2.24, 2.45) is 15.3 Å². The minimum atomic E-state index is -0.631. The molecule has 0 unspecified atom stereocenters. The second kappa shape index (κ2) is 9.86. The summed E-state index contributed by atoms with van der Waals surface area (Å²) in [4.78, 5) is 37.8. The molecule has 10 heteroatoms. The second-order valence-electron chi connectivity index (χ2n) is 6.59. The third-order valence-electron chi connectivity index (χ3n) is 4.46. The highest BCUT2D eigenvalue weighted by molar-refractivity contribution is 5.99. The van der Waals surface area contributed by atoms with Gasteiger partial charge in [0.1, 0.15) is 11.8 Å². The predicted molar refractivity (Wildman–Crippen MR) is 91.0 cm³/mol. The van der Waals surface area contributed by atoms with Crippen LogP contribution in [0.3, 0.4) is 0 Å². The molecule has 0 aliphatic carbocycles. The zero-order valence-electron chi connectivity index (χ0n) is 14.7. The number of carbonyl (C=O) groups is 3. The van der Waals surface area contributed by atoms with Crippen molar-refractivity contribution in [1.82, 2.24) is 5.32 Å². The molecule has 26 heavy (non-hydrogen) atoms. The van der Waals surface area contributed by atoms with Crippen molar-refractivity contribution < 1.29 is 19.1 Å². The van der Waals surface area contributed by atoms with Gasteiger partial charge in [-0.05, 0) is 24.8 Å². The number of Topliss-reactive ketones (excluding diaryl/α,β-unsaturated/α-hetero) is 1. The Morgan fingerprint density at radius 1 is 1.27 bits per heavy atom. The maximum absolute atomic E-state index is 12.0. The fourth-order valence-electron chi connectivity index (χ4n) is 2.86. The summed E-state index contributed by atoms with van der Waals surface area (Å²) in [6, 6.07) is -0.631. The molecule has 0 aromatic carbocycles. The predicted octanol–water partition coefficient (Wildman–Crippen LogP) is 2.58. The van der Waals surface area contributed by atoms with Gasteiger partial charge in [-0.2, -0.15) is 10.2 Å². The molecule has 0 bridgehead atoms. The molecule has 1 N–H and O–H groups in total. The summed E-state index contributed by atoms with van der Waals surface area (Å²) < 4.78 is 4.76. The van der Waals surface area contributed by atoms with E-state index in [0.717, 1.165) is 32.1 Å². The number of ketones is 1. The maximum atomic E-state index is 12.0. The van der Waals surface area contributed by atoms with Crippen LogP contribution in [0.1, 0.15) is 57.8 Å². The number of cyclic esters (lactones) is 1. The first-order valence-electron chi connectivity index (χ1n) is 8.97. The Hall–Kier alpha value is -2.48. The topological polar surface area (TPSA) is 146 Å². The molecule has 0 saturated carbocycles. The lowest BCUT2D eigenvalue weighted by atomic mass is 9.97. The van der Waals surface area contributed by atoms with E-state index < -0.39 is 23.6 Å². The summed E-state index contributed by atoms with van der Waals surface area (Å²) in [5, 5.41) is 14.2. The van der Waals surface area contributed by atoms with Crippen LogP contribution in [0.4, 0.5) is 0 Å². The molecule has 2 aliphatic rings. The molecule has 0 radical (unpaired) electrons. The average Bonchev–Trinajstić information content (AvgIpc) is 3.28. The van der Waals surface area contributed by atoms with Crippen molar-refractivity contribution in [3.05, 3.63) is 10.4 Å². The largest absolute Gasteiger partial charge is 0.464 e. The van der Waals surface area contributed by atoms with Crippen LogP contribution in [0, 0.1) is 0 Å². The zero-order chi connectivity index (χ0) is 18.8. The molecule has 1 saturated heterocycles. The summed E-state index contributed by atoms with van der Waals surface area (Å²) in [6.07, 6.45) is 5.56. The fourth-order valence-corrected chi connectivity index (χ4v) is 2.86. The van der Waals surface area contributed by atoms with E-state index in [4.69, 9.17) is 10.3 Å². The van der Waals surface area contributed by atoms with Gasteiger partial charge in [0.15, 0.2) is 5.66 Å². The number of unbranched alkanes of at least 4 members (excludes halogenated alkanes) is 3. The number of ether oxygens (including phenoxy) is 1. The summed E-state index contributed by atoms with van der Waals surface area (Å²) in [7, 11) is 0. The van der Waals surface area contributed by atoms with Crippen LogP contribution in [-0.4, -0.2) is 42.5 Å². The maximum Gasteiger partial charge on any atom is 0.328 e. The SMILES string of the molecule is [N-]=[N+]=NCCCCCCC1(CCC(=O)CC(=O)N[C@H]2CCOC2=O)N=N1. The quantitative estimate of drug-likeness (QED) is 0.134. The number of nitrogens with one attached hydrogen (secondary N) is 1. The third kappa shape index (κ3) is 6.79. The first kappa shape index (κ1) is 19.8. The van der Waals surface area contributed by atoms with Crippen molar-refractivity contribution in [2.45, 2.75) is 69.5 Å². The van der Waals surface area contributed by atoms with Gasteiger partial charge in [-0.1, -0.05) is 18.0 Å². The second-order valence-corrected chi connectivity index (χ2v) is 6.59. The lowest BCUT2D eigenvalue weighted by Crippen LogP contribution is -2.38. The number of nitrogens with zero attached hydrogens (tertiary/aromatic N) is 5. The molecule has 0 aromatic heterocycles. The number of rotatable bonds is 13. The Labute approximate surface area is 151 Å². The van der Waals surface area contributed by atoms with Gasteiger partial charge in [-0.15, -0.1) is 0 Å². The molecule has 2 aliphatic heterocycles. The Bertz CT molecular complexity index is 608. The number of amides is 1. The van der Waals surface area contributed by atoms with Crippen LogP contribution in [0.25, 0.3) is 10.4 Å². The molecule has 0 aromatic rings. The number of hydrogen-bond acceptors (Lipinski definition) is 7. The van der Waals surface area contributed by atoms with Crippen LogP contribution in [0.2, 0.25) is 0 Å². The minimum absolute atomic E-state index is 0.181. The van der Waals surface area contributed by atoms with Crippen molar-refractivity contribution in [1.29, 1.82) is 0 Å². The molecule has 1 atom stereocenters. The van der Waals surface area contributed by atoms with Crippen molar-refractivity contribution in [2.75, 3.05) is 13.2 Å². The first-order valence-corrected chi connectivity index (χ1v) is 8.97. The number of esters is 1. The lowest BCUT2D eigenvalue weighted by Gasteiger charge is -2.11. The monoisotopic (exact) mass is 364 g/mol. The van der Waals surface area contributed by atoms with Gasteiger partial charge in [0.25, 0.3) is 0 Å². The number of carbonyl (C=O) groups excluding carboxylic acids is 3. The Morgan fingerprint density at radius 3 is 2.69 bits per heavy atom. The van der Waals surface area contributed by atoms with Gasteiger partial charge >= 0.3 is 5.97 Å². The van der Waals surface area contributed by atoms with Gasteiger partial charge < -0.3 is 10.1 Å². The van der Waals surface area contributed by atoms with Gasteiger partial charge in [0, 0.05) is 30.7 Å². The standard InChI is InChI=1S/C16H24N6O4/c17-22-18-9-4-2-1-3-7-16(20-21-16)8-5-12(23)11-14(24)19-13-6-10-26-15(13)25/h13H,1-11H2,(H,19,24)/t13-/m0/s1. The Kier molecular flexibility index (Phi) is 7.53. The van der Waals surface area contributed by atoms with Crippen LogP contribution >= 0.6 is 0 Å². The van der Waals surface area contributed by atoms with Gasteiger partial charge in [-0.3, -0.25) is 9.59 Å². The lowest BCUT2D eigenvalue weighted by molar-refractivity contribution is -0.142. The smallest absolute Gasteiger partial charge is 0.328 e. The van der Waals surface area contributed by atoms with Crippen molar-refractivity contribution >= 4 is 17.7 Å². The van der Waals surface area contributed by atoms with Crippen molar-refractivity contribution in [3.63, 3.8) is 0 Å². The van der Waals surface area contributed by atoms with E-state index in [-0.39, 0.29) is 18.6 Å². The molecular formula is C16H24N6O4. The first-order chi connectivity index (χ1) is 12.5. The van der Waals surface area contributed by atoms with Crippen LogP contribution in [0.5, 0.6) is 0 Å². The Balaban J connectivity index is 1.55. The fraction of sp³-hybridized carbons (Fsp3) is 0.812. The average molecular weight is 364 g/mol. The highest BCUT2D eigenvalue weighted by Gasteiger charge is 2.39. The van der Waals surface area contributed by atoms with E-state index in [1.165, 1.54) is 0 Å². The third-order valence-corrected chi connectivity index (χ3v) is 4.46. The van der Waals surface area contributed by atoms with Crippen LogP contribution in [-0.2, 0) is 19.1 Å². The summed E-state index contributed by atoms with van der Waals surface area (Å²) in [5.41, 5.74) is 7.73. The van der Waals surface area contributed by atoms with Gasteiger partial charge in [0.2, 0.25) is 5.91 Å². The van der Waals surface area contributed by atoms with Crippen LogP contribution < -0.4 is 5.32 Å². The minimum Gasteiger partial charge on any atom is -0.464 e. The van der Waals surface area contributed by atoms with Crippen LogP contribution in [0.15, 0.2) is 15.3 Å². The van der Waals surface area contributed by atoms with E-state index in [1.807, 2.05) is 0 Å². The molecular weight excluding hydrogens is 340 g/mol. The van der Waals surface area contributed by atoms with E-state index in [2.05, 4.69) is 25.6 Å². The highest BCUT2D eigenvalue weighted by atomic mass is 16.5. The number of azide groups is 1. The normalized spacial score (nSPS) is 19.5.